The smallest absolute Gasteiger partial charge is 0.462 e. The molecule has 0 radical (unpaired) electrons. The average molecular weight is 845 g/mol. The van der Waals surface area contributed by atoms with Gasteiger partial charge in [0.1, 0.15) is 6.61 Å². The third kappa shape index (κ3) is 44.6. The van der Waals surface area contributed by atoms with E-state index in [4.69, 9.17) is 18.5 Å². The van der Waals surface area contributed by atoms with Gasteiger partial charge in [-0.3, -0.25) is 18.6 Å². The molecule has 0 aliphatic carbocycles. The van der Waals surface area contributed by atoms with E-state index in [9.17, 15) is 19.0 Å². The van der Waals surface area contributed by atoms with Crippen molar-refractivity contribution >= 4 is 19.8 Å². The van der Waals surface area contributed by atoms with Crippen LogP contribution in [0.4, 0.5) is 0 Å². The van der Waals surface area contributed by atoms with Crippen LogP contribution in [0.1, 0.15) is 278 Å². The number of ether oxygens (including phenoxy) is 2. The van der Waals surface area contributed by atoms with Crippen LogP contribution in [0.15, 0.2) is 0 Å². The minimum atomic E-state index is -4.28. The minimum Gasteiger partial charge on any atom is -0.462 e. The first-order valence-corrected chi connectivity index (χ1v) is 26.8. The molecule has 2 atom stereocenters. The molecule has 0 rings (SSSR count). The second-order valence-electron chi connectivity index (χ2n) is 17.2. The Morgan fingerprint density at radius 2 is 0.672 bits per heavy atom. The zero-order chi connectivity index (χ0) is 42.5. The molecule has 0 saturated carbocycles. The first kappa shape index (κ1) is 57.1. The number of rotatable bonds is 48. The fraction of sp³-hybridized carbons (Fsp3) is 0.959. The molecule has 0 aromatic heterocycles. The fourth-order valence-corrected chi connectivity index (χ4v) is 8.45. The van der Waals surface area contributed by atoms with E-state index in [1.165, 1.54) is 205 Å². The molecule has 0 heterocycles. The highest BCUT2D eigenvalue weighted by atomic mass is 31.2. The summed E-state index contributed by atoms with van der Waals surface area (Å²) in [4.78, 5) is 34.9. The number of esters is 2. The van der Waals surface area contributed by atoms with E-state index in [1.54, 1.807) is 6.92 Å². The molecule has 58 heavy (non-hydrogen) atoms. The first-order valence-electron chi connectivity index (χ1n) is 25.3. The predicted molar refractivity (Wildman–Crippen MR) is 244 cm³/mol. The second kappa shape index (κ2) is 45.6. The highest BCUT2D eigenvalue weighted by Gasteiger charge is 2.25. The van der Waals surface area contributed by atoms with E-state index >= 15 is 0 Å². The molecule has 9 heteroatoms. The van der Waals surface area contributed by atoms with Gasteiger partial charge in [-0.25, -0.2) is 4.57 Å². The van der Waals surface area contributed by atoms with Gasteiger partial charge in [-0.15, -0.1) is 0 Å². The number of hydrogen-bond acceptors (Lipinski definition) is 7. The van der Waals surface area contributed by atoms with E-state index in [0.29, 0.717) is 6.42 Å². The van der Waals surface area contributed by atoms with E-state index < -0.39 is 19.9 Å². The monoisotopic (exact) mass is 845 g/mol. The lowest BCUT2D eigenvalue weighted by Gasteiger charge is -2.19. The van der Waals surface area contributed by atoms with Gasteiger partial charge in [0.15, 0.2) is 6.10 Å². The van der Waals surface area contributed by atoms with Crippen LogP contribution in [-0.2, 0) is 32.7 Å². The second-order valence-corrected chi connectivity index (χ2v) is 18.7. The van der Waals surface area contributed by atoms with Gasteiger partial charge in [0, 0.05) is 12.8 Å². The lowest BCUT2D eigenvalue weighted by molar-refractivity contribution is -0.161. The van der Waals surface area contributed by atoms with Crippen molar-refractivity contribution in [2.45, 2.75) is 284 Å². The standard InChI is InChI=1S/C49H97O8P/c1-4-7-9-11-13-15-17-19-21-22-23-24-25-26-27-28-30-32-34-36-38-40-42-44-49(51)57-47(46-56-58(52,53)55-6-3)45-54-48(50)43-41-39-37-35-33-31-29-20-18-16-14-12-10-8-5-2/h47H,4-46H2,1-3H3,(H,52,53). The maximum Gasteiger partial charge on any atom is 0.472 e. The van der Waals surface area contributed by atoms with Crippen LogP contribution in [0, 0.1) is 0 Å². The van der Waals surface area contributed by atoms with Gasteiger partial charge in [-0.1, -0.05) is 245 Å². The highest BCUT2D eigenvalue weighted by molar-refractivity contribution is 7.47. The largest absolute Gasteiger partial charge is 0.472 e. The topological polar surface area (TPSA) is 108 Å². The Morgan fingerprint density at radius 3 is 0.966 bits per heavy atom. The van der Waals surface area contributed by atoms with Crippen LogP contribution in [0.5, 0.6) is 0 Å². The van der Waals surface area contributed by atoms with Gasteiger partial charge in [-0.2, -0.15) is 0 Å². The Morgan fingerprint density at radius 1 is 0.397 bits per heavy atom. The number of phosphoric ester groups is 1. The van der Waals surface area contributed by atoms with Gasteiger partial charge < -0.3 is 14.4 Å². The predicted octanol–water partition coefficient (Wildman–Crippen LogP) is 16.2. The van der Waals surface area contributed by atoms with E-state index in [2.05, 4.69) is 13.8 Å². The molecular formula is C49H97O8P. The number of hydrogen-bond donors (Lipinski definition) is 1. The Labute approximate surface area is 359 Å². The third-order valence-electron chi connectivity index (χ3n) is 11.4. The van der Waals surface area contributed by atoms with Crippen LogP contribution >= 0.6 is 7.82 Å². The zero-order valence-corrected chi connectivity index (χ0v) is 39.6. The molecule has 346 valence electrons. The Hall–Kier alpha value is -0.950. The molecule has 0 aliphatic rings. The Balaban J connectivity index is 3.90. The van der Waals surface area contributed by atoms with Crippen LogP contribution in [0.25, 0.3) is 0 Å². The normalized spacial score (nSPS) is 13.1. The highest BCUT2D eigenvalue weighted by Crippen LogP contribution is 2.43. The number of unbranched alkanes of at least 4 members (excludes halogenated alkanes) is 36. The van der Waals surface area contributed by atoms with Gasteiger partial charge in [0.25, 0.3) is 0 Å². The number of carbonyl (C=O) groups excluding carboxylic acids is 2. The molecule has 1 N–H and O–H groups in total. The lowest BCUT2D eigenvalue weighted by Crippen LogP contribution is -2.29. The SMILES string of the molecule is CCCCCCCCCCCCCCCCCCCCCCCCCC(=O)OC(COC(=O)CCCCCCCCCCCCCCCCC)COP(=O)(O)OCC. The molecule has 8 nitrogen and oxygen atoms in total. The summed E-state index contributed by atoms with van der Waals surface area (Å²) in [5.41, 5.74) is 0. The number of carbonyl (C=O) groups is 2. The average Bonchev–Trinajstić information content (AvgIpc) is 3.20. The van der Waals surface area contributed by atoms with Crippen molar-refractivity contribution < 1.29 is 37.6 Å². The molecule has 0 spiro atoms. The molecule has 0 bridgehead atoms. The fourth-order valence-electron chi connectivity index (χ4n) is 7.69. The van der Waals surface area contributed by atoms with Crippen molar-refractivity contribution in [3.05, 3.63) is 0 Å². The summed E-state index contributed by atoms with van der Waals surface area (Å²) in [5.74, 6) is -0.776. The van der Waals surface area contributed by atoms with Crippen LogP contribution in [0.3, 0.4) is 0 Å². The van der Waals surface area contributed by atoms with Crippen molar-refractivity contribution in [3.63, 3.8) is 0 Å². The van der Waals surface area contributed by atoms with Crippen LogP contribution in [0.2, 0.25) is 0 Å². The van der Waals surface area contributed by atoms with Crippen molar-refractivity contribution in [2.24, 2.45) is 0 Å². The van der Waals surface area contributed by atoms with Crippen molar-refractivity contribution in [1.82, 2.24) is 0 Å². The van der Waals surface area contributed by atoms with Crippen molar-refractivity contribution in [2.75, 3.05) is 19.8 Å². The zero-order valence-electron chi connectivity index (χ0n) is 38.7. The molecule has 0 aliphatic heterocycles. The van der Waals surface area contributed by atoms with Crippen LogP contribution < -0.4 is 0 Å². The lowest BCUT2D eigenvalue weighted by atomic mass is 10.0. The van der Waals surface area contributed by atoms with Crippen LogP contribution in [-0.4, -0.2) is 42.8 Å². The molecule has 0 amide bonds. The molecule has 2 unspecified atom stereocenters. The first-order chi connectivity index (χ1) is 28.3. The molecule has 0 aromatic rings. The maximum absolute atomic E-state index is 12.6. The summed E-state index contributed by atoms with van der Waals surface area (Å²) < 4.78 is 32.8. The van der Waals surface area contributed by atoms with Crippen molar-refractivity contribution in [3.8, 4) is 0 Å². The third-order valence-corrected chi connectivity index (χ3v) is 12.5. The Kier molecular flexibility index (Phi) is 44.8. The minimum absolute atomic E-state index is 0.00596. The maximum atomic E-state index is 12.6. The quantitative estimate of drug-likeness (QED) is 0.0366. The number of phosphoric acid groups is 1. The van der Waals surface area contributed by atoms with Gasteiger partial charge >= 0.3 is 19.8 Å². The van der Waals surface area contributed by atoms with Gasteiger partial charge in [-0.05, 0) is 19.8 Å². The van der Waals surface area contributed by atoms with E-state index in [1.807, 2.05) is 0 Å². The van der Waals surface area contributed by atoms with Crippen molar-refractivity contribution in [1.29, 1.82) is 0 Å². The Bertz CT molecular complexity index is 915. The van der Waals surface area contributed by atoms with Gasteiger partial charge in [0.2, 0.25) is 0 Å². The van der Waals surface area contributed by atoms with Gasteiger partial charge in [0.05, 0.1) is 13.2 Å². The summed E-state index contributed by atoms with van der Waals surface area (Å²) in [6, 6.07) is 0. The summed E-state index contributed by atoms with van der Waals surface area (Å²) in [6.45, 7) is 5.55. The summed E-state index contributed by atoms with van der Waals surface area (Å²) in [7, 11) is -4.28. The summed E-state index contributed by atoms with van der Waals surface area (Å²) in [6.07, 6.45) is 48.8. The molecule has 0 aromatic carbocycles. The van der Waals surface area contributed by atoms with E-state index in [-0.39, 0.29) is 32.2 Å². The molecular weight excluding hydrogens is 748 g/mol. The van der Waals surface area contributed by atoms with E-state index in [0.717, 1.165) is 38.5 Å². The molecule has 0 fully saturated rings. The summed E-state index contributed by atoms with van der Waals surface area (Å²) in [5, 5.41) is 0. The summed E-state index contributed by atoms with van der Waals surface area (Å²) >= 11 is 0. The molecule has 0 saturated heterocycles.